The van der Waals surface area contributed by atoms with Crippen LogP contribution in [0, 0.1) is 10.1 Å². The molecule has 0 saturated heterocycles. The molecule has 0 saturated carbocycles. The summed E-state index contributed by atoms with van der Waals surface area (Å²) in [5.74, 6) is 0. The van der Waals surface area contributed by atoms with Crippen LogP contribution in [0.4, 0.5) is 5.69 Å². The lowest BCUT2D eigenvalue weighted by atomic mass is 10.1. The molecule has 0 bridgehead atoms. The fourth-order valence-electron chi connectivity index (χ4n) is 2.40. The van der Waals surface area contributed by atoms with Crippen molar-refractivity contribution in [1.29, 1.82) is 0 Å². The van der Waals surface area contributed by atoms with Crippen molar-refractivity contribution in [3.8, 4) is 11.3 Å². The number of benzene rings is 1. The van der Waals surface area contributed by atoms with Crippen molar-refractivity contribution in [2.45, 2.75) is 6.92 Å². The Kier molecular flexibility index (Phi) is 5.68. The summed E-state index contributed by atoms with van der Waals surface area (Å²) >= 11 is 1.45. The predicted octanol–water partition coefficient (Wildman–Crippen LogP) is 3.88. The zero-order chi connectivity index (χ0) is 19.2. The van der Waals surface area contributed by atoms with E-state index in [0.717, 1.165) is 27.3 Å². The summed E-state index contributed by atoms with van der Waals surface area (Å²) in [7, 11) is 0. The van der Waals surface area contributed by atoms with Crippen molar-refractivity contribution in [1.82, 2.24) is 9.66 Å². The molecule has 3 aromatic rings. The van der Waals surface area contributed by atoms with Crippen molar-refractivity contribution in [3.05, 3.63) is 87.3 Å². The van der Waals surface area contributed by atoms with Gasteiger partial charge in [-0.1, -0.05) is 6.08 Å². The van der Waals surface area contributed by atoms with Crippen LogP contribution in [0.25, 0.3) is 11.3 Å². The van der Waals surface area contributed by atoms with Crippen molar-refractivity contribution in [2.24, 2.45) is 10.1 Å². The van der Waals surface area contributed by atoms with E-state index in [1.165, 1.54) is 23.5 Å². The molecule has 0 aliphatic rings. The Morgan fingerprint density at radius 1 is 1.30 bits per heavy atom. The molecule has 0 spiro atoms. The van der Waals surface area contributed by atoms with Crippen LogP contribution < -0.4 is 4.80 Å². The third-order valence-corrected chi connectivity index (χ3v) is 4.62. The Balaban J connectivity index is 2.11. The Labute approximate surface area is 159 Å². The summed E-state index contributed by atoms with van der Waals surface area (Å²) in [6.07, 6.45) is 5.15. The van der Waals surface area contributed by atoms with Crippen LogP contribution in [0.3, 0.4) is 0 Å². The van der Waals surface area contributed by atoms with E-state index in [9.17, 15) is 10.1 Å². The number of pyridine rings is 1. The topological polar surface area (TPSA) is 85.7 Å². The van der Waals surface area contributed by atoms with Gasteiger partial charge >= 0.3 is 0 Å². The zero-order valence-corrected chi connectivity index (χ0v) is 15.5. The molecule has 0 atom stereocenters. The first-order chi connectivity index (χ1) is 13.1. The van der Waals surface area contributed by atoms with Crippen LogP contribution in [0.1, 0.15) is 12.5 Å². The molecule has 1 aromatic carbocycles. The first-order valence-electron chi connectivity index (χ1n) is 8.13. The third kappa shape index (κ3) is 4.24. The highest BCUT2D eigenvalue weighted by molar-refractivity contribution is 7.07. The number of rotatable bonds is 6. The van der Waals surface area contributed by atoms with Crippen LogP contribution in [-0.2, 0) is 0 Å². The second-order valence-electron chi connectivity index (χ2n) is 5.57. The molecule has 2 heterocycles. The summed E-state index contributed by atoms with van der Waals surface area (Å²) in [4.78, 5) is 19.7. The molecule has 0 radical (unpaired) electrons. The number of hydrogen-bond donors (Lipinski definition) is 0. The molecule has 2 aromatic heterocycles. The third-order valence-electron chi connectivity index (χ3n) is 3.76. The molecule has 0 fully saturated rings. The van der Waals surface area contributed by atoms with Crippen molar-refractivity contribution in [3.63, 3.8) is 0 Å². The number of nitro benzene ring substituents is 1. The predicted molar refractivity (Wildman–Crippen MR) is 107 cm³/mol. The number of non-ortho nitro benzene ring substituents is 1. The fraction of sp³-hybridized carbons (Fsp3) is 0.105. The molecule has 0 aliphatic heterocycles. The van der Waals surface area contributed by atoms with Gasteiger partial charge in [0.1, 0.15) is 0 Å². The second-order valence-corrected chi connectivity index (χ2v) is 6.41. The van der Waals surface area contributed by atoms with Gasteiger partial charge in [-0.05, 0) is 31.2 Å². The van der Waals surface area contributed by atoms with Crippen molar-refractivity contribution >= 4 is 22.7 Å². The molecular formula is C19H17N5O2S. The summed E-state index contributed by atoms with van der Waals surface area (Å²) in [5.41, 5.74) is 3.44. The highest BCUT2D eigenvalue weighted by Crippen LogP contribution is 2.23. The van der Waals surface area contributed by atoms with Gasteiger partial charge in [0.05, 0.1) is 22.9 Å². The van der Waals surface area contributed by atoms with Crippen LogP contribution in [0.2, 0.25) is 0 Å². The molecule has 7 nitrogen and oxygen atoms in total. The largest absolute Gasteiger partial charge is 0.269 e. The van der Waals surface area contributed by atoms with E-state index in [1.54, 1.807) is 35.3 Å². The fourth-order valence-corrected chi connectivity index (χ4v) is 3.24. The number of nitrogens with zero attached hydrogens (tertiary/aromatic N) is 5. The Bertz CT molecular complexity index is 1050. The van der Waals surface area contributed by atoms with Gasteiger partial charge in [0.2, 0.25) is 4.80 Å². The first-order valence-corrected chi connectivity index (χ1v) is 9.01. The summed E-state index contributed by atoms with van der Waals surface area (Å²) in [6.45, 7) is 6.09. The molecule has 136 valence electrons. The molecule has 3 rings (SSSR count). The quantitative estimate of drug-likeness (QED) is 0.282. The zero-order valence-electron chi connectivity index (χ0n) is 14.6. The maximum atomic E-state index is 10.9. The van der Waals surface area contributed by atoms with Crippen molar-refractivity contribution in [2.75, 3.05) is 6.54 Å². The SMILES string of the molecule is C=CCN=c1scc(-c2ccc([N+](=O)[O-])cc2)n1N=C(C)c1ccncc1. The van der Waals surface area contributed by atoms with Crippen LogP contribution in [0.15, 0.2) is 76.9 Å². The van der Waals surface area contributed by atoms with E-state index in [0.29, 0.717) is 6.54 Å². The van der Waals surface area contributed by atoms with E-state index < -0.39 is 4.92 Å². The number of hydrogen-bond acceptors (Lipinski definition) is 6. The molecule has 0 amide bonds. The smallest absolute Gasteiger partial charge is 0.265 e. The molecular weight excluding hydrogens is 362 g/mol. The van der Waals surface area contributed by atoms with E-state index in [-0.39, 0.29) is 5.69 Å². The van der Waals surface area contributed by atoms with E-state index in [4.69, 9.17) is 5.10 Å². The van der Waals surface area contributed by atoms with Gasteiger partial charge in [-0.3, -0.25) is 20.1 Å². The monoisotopic (exact) mass is 379 g/mol. The molecule has 8 heteroatoms. The average Bonchev–Trinajstić information content (AvgIpc) is 3.09. The van der Waals surface area contributed by atoms with Gasteiger partial charge in [-0.15, -0.1) is 17.9 Å². The summed E-state index contributed by atoms with van der Waals surface area (Å²) in [6, 6.07) is 10.2. The summed E-state index contributed by atoms with van der Waals surface area (Å²) < 4.78 is 1.76. The van der Waals surface area contributed by atoms with Gasteiger partial charge in [0.25, 0.3) is 5.69 Å². The lowest BCUT2D eigenvalue weighted by Gasteiger charge is -2.06. The van der Waals surface area contributed by atoms with Crippen LogP contribution in [-0.4, -0.2) is 26.8 Å². The van der Waals surface area contributed by atoms with Crippen LogP contribution >= 0.6 is 11.3 Å². The maximum absolute atomic E-state index is 10.9. The van der Waals surface area contributed by atoms with Gasteiger partial charge in [0, 0.05) is 41.0 Å². The van der Waals surface area contributed by atoms with Crippen molar-refractivity contribution < 1.29 is 4.92 Å². The van der Waals surface area contributed by atoms with Gasteiger partial charge in [-0.2, -0.15) is 5.10 Å². The van der Waals surface area contributed by atoms with E-state index in [1.807, 2.05) is 24.4 Å². The normalized spacial score (nSPS) is 12.2. The number of aromatic nitrogens is 2. The van der Waals surface area contributed by atoms with E-state index in [2.05, 4.69) is 16.6 Å². The Morgan fingerprint density at radius 2 is 2.00 bits per heavy atom. The minimum Gasteiger partial charge on any atom is -0.265 e. The molecule has 0 aliphatic carbocycles. The number of nitro groups is 1. The lowest BCUT2D eigenvalue weighted by molar-refractivity contribution is -0.384. The van der Waals surface area contributed by atoms with Crippen LogP contribution in [0.5, 0.6) is 0 Å². The maximum Gasteiger partial charge on any atom is 0.269 e. The minimum absolute atomic E-state index is 0.0496. The highest BCUT2D eigenvalue weighted by atomic mass is 32.1. The molecule has 0 N–H and O–H groups in total. The molecule has 0 unspecified atom stereocenters. The standard InChI is InChI=1S/C19H17N5O2S/c1-3-10-21-19-23(22-14(2)15-8-11-20-12-9-15)18(13-27-19)16-4-6-17(7-5-16)24(25)26/h3-9,11-13H,1,10H2,2H3. The Morgan fingerprint density at radius 3 is 2.63 bits per heavy atom. The first kappa shape index (κ1) is 18.4. The van der Waals surface area contributed by atoms with E-state index >= 15 is 0 Å². The van der Waals surface area contributed by atoms with Gasteiger partial charge < -0.3 is 0 Å². The second kappa shape index (κ2) is 8.33. The Hall–Kier alpha value is -3.39. The lowest BCUT2D eigenvalue weighted by Crippen LogP contribution is -2.14. The highest BCUT2D eigenvalue weighted by Gasteiger charge is 2.11. The van der Waals surface area contributed by atoms with Gasteiger partial charge in [-0.25, -0.2) is 4.68 Å². The summed E-state index contributed by atoms with van der Waals surface area (Å²) in [5, 5.41) is 17.6. The number of thiazole rings is 1. The molecule has 27 heavy (non-hydrogen) atoms. The average molecular weight is 379 g/mol. The minimum atomic E-state index is -0.415. The van der Waals surface area contributed by atoms with Gasteiger partial charge in [0.15, 0.2) is 0 Å².